The molecule has 3 nitrogen and oxygen atoms in total. The highest BCUT2D eigenvalue weighted by molar-refractivity contribution is 5.82. The molecule has 74 valence electrons. The monoisotopic (exact) mass is 190 g/mol. The van der Waals surface area contributed by atoms with Gasteiger partial charge in [-0.15, -0.1) is 0 Å². The lowest BCUT2D eigenvalue weighted by Crippen LogP contribution is -2.24. The van der Waals surface area contributed by atoms with Crippen LogP contribution < -0.4 is 5.73 Å². The molecular weight excluding hydrogens is 176 g/mol. The number of primary amides is 1. The van der Waals surface area contributed by atoms with Crippen LogP contribution in [-0.2, 0) is 11.2 Å². The second kappa shape index (κ2) is 3.33. The molecule has 1 heterocycles. The van der Waals surface area contributed by atoms with Gasteiger partial charge in [0.25, 0.3) is 0 Å². The van der Waals surface area contributed by atoms with E-state index in [9.17, 15) is 4.79 Å². The molecule has 3 heteroatoms. The first kappa shape index (κ1) is 9.06. The molecule has 3 N–H and O–H groups in total. The Morgan fingerprint density at radius 2 is 2.50 bits per heavy atom. The minimum Gasteiger partial charge on any atom is -0.369 e. The van der Waals surface area contributed by atoms with E-state index in [1.54, 1.807) is 6.08 Å². The Hall–Kier alpha value is -1.51. The fourth-order valence-electron chi connectivity index (χ4n) is 2.09. The Bertz CT molecular complexity index is 379. The zero-order valence-electron chi connectivity index (χ0n) is 8.05. The summed E-state index contributed by atoms with van der Waals surface area (Å²) in [4.78, 5) is 14.4. The number of H-pyrrole nitrogens is 1. The summed E-state index contributed by atoms with van der Waals surface area (Å²) in [6.45, 7) is 3.70. The average molecular weight is 190 g/mol. The van der Waals surface area contributed by atoms with E-state index in [1.807, 2.05) is 0 Å². The van der Waals surface area contributed by atoms with Crippen LogP contribution in [0.5, 0.6) is 0 Å². The minimum atomic E-state index is -0.233. The highest BCUT2D eigenvalue weighted by atomic mass is 16.1. The molecule has 14 heavy (non-hydrogen) atoms. The first-order valence-electron chi connectivity index (χ1n) is 4.86. The second-order valence-corrected chi connectivity index (χ2v) is 3.71. The van der Waals surface area contributed by atoms with Gasteiger partial charge in [0.1, 0.15) is 0 Å². The molecule has 1 amide bonds. The molecule has 0 fully saturated rings. The quantitative estimate of drug-likeness (QED) is 0.730. The number of carbonyl (C=O) groups excluding carboxylic acids is 1. The van der Waals surface area contributed by atoms with Gasteiger partial charge in [0.05, 0.1) is 5.92 Å². The van der Waals surface area contributed by atoms with E-state index in [1.165, 1.54) is 5.56 Å². The van der Waals surface area contributed by atoms with E-state index in [4.69, 9.17) is 5.73 Å². The number of aromatic nitrogens is 1. The molecule has 1 aromatic rings. The number of hydrogen-bond acceptors (Lipinski definition) is 1. The molecule has 0 spiro atoms. The van der Waals surface area contributed by atoms with Gasteiger partial charge in [-0.3, -0.25) is 4.79 Å². The zero-order valence-corrected chi connectivity index (χ0v) is 8.05. The van der Waals surface area contributed by atoms with Crippen LogP contribution >= 0.6 is 0 Å². The van der Waals surface area contributed by atoms with Crippen LogP contribution in [0.1, 0.15) is 35.7 Å². The minimum absolute atomic E-state index is 0.132. The van der Waals surface area contributed by atoms with Crippen molar-refractivity contribution >= 4 is 12.0 Å². The molecule has 1 aromatic heterocycles. The summed E-state index contributed by atoms with van der Waals surface area (Å²) in [5.74, 6) is -0.365. The van der Waals surface area contributed by atoms with Crippen LogP contribution in [0.15, 0.2) is 12.6 Å². The number of aryl methyl sites for hydroxylation is 1. The average Bonchev–Trinajstić information content (AvgIpc) is 2.59. The third-order valence-electron chi connectivity index (χ3n) is 2.81. The van der Waals surface area contributed by atoms with Gasteiger partial charge in [0.2, 0.25) is 5.91 Å². The number of hydrogen-bond donors (Lipinski definition) is 2. The van der Waals surface area contributed by atoms with Crippen LogP contribution in [0.3, 0.4) is 0 Å². The van der Waals surface area contributed by atoms with E-state index < -0.39 is 0 Å². The van der Waals surface area contributed by atoms with Crippen molar-refractivity contribution in [3.8, 4) is 0 Å². The summed E-state index contributed by atoms with van der Waals surface area (Å²) in [6.07, 6.45) is 4.69. The summed E-state index contributed by atoms with van der Waals surface area (Å²) in [5, 5.41) is 0. The Balaban J connectivity index is 2.42. The van der Waals surface area contributed by atoms with E-state index in [0.717, 1.165) is 30.7 Å². The zero-order chi connectivity index (χ0) is 10.1. The topological polar surface area (TPSA) is 58.9 Å². The maximum atomic E-state index is 11.2. The number of amides is 1. The Morgan fingerprint density at radius 3 is 3.14 bits per heavy atom. The van der Waals surface area contributed by atoms with Gasteiger partial charge in [-0.2, -0.15) is 0 Å². The largest absolute Gasteiger partial charge is 0.369 e. The van der Waals surface area contributed by atoms with Crippen LogP contribution in [0.2, 0.25) is 0 Å². The van der Waals surface area contributed by atoms with E-state index >= 15 is 0 Å². The lowest BCUT2D eigenvalue weighted by atomic mass is 9.87. The molecule has 1 aliphatic rings. The Labute approximate surface area is 83.0 Å². The molecule has 0 aromatic carbocycles. The van der Waals surface area contributed by atoms with Crippen molar-refractivity contribution in [3.05, 3.63) is 29.6 Å². The first-order chi connectivity index (χ1) is 6.72. The van der Waals surface area contributed by atoms with Gasteiger partial charge in [0.15, 0.2) is 0 Å². The molecular formula is C11H14N2O. The van der Waals surface area contributed by atoms with Crippen molar-refractivity contribution in [3.63, 3.8) is 0 Å². The lowest BCUT2D eigenvalue weighted by Gasteiger charge is -2.19. The maximum absolute atomic E-state index is 11.2. The third kappa shape index (κ3) is 1.35. The number of fused-ring (bicyclic) bond motifs is 1. The van der Waals surface area contributed by atoms with Gasteiger partial charge >= 0.3 is 0 Å². The number of rotatable bonds is 2. The Morgan fingerprint density at radius 1 is 1.71 bits per heavy atom. The Kier molecular flexibility index (Phi) is 2.15. The molecule has 0 saturated heterocycles. The molecule has 0 bridgehead atoms. The fraction of sp³-hybridized carbons (Fsp3) is 0.364. The number of nitrogens with two attached hydrogens (primary N) is 1. The summed E-state index contributed by atoms with van der Waals surface area (Å²) in [5.41, 5.74) is 8.54. The summed E-state index contributed by atoms with van der Waals surface area (Å²) in [6, 6.07) is 2.05. The van der Waals surface area contributed by atoms with Crippen molar-refractivity contribution in [1.82, 2.24) is 4.98 Å². The van der Waals surface area contributed by atoms with Gasteiger partial charge in [-0.05, 0) is 37.0 Å². The van der Waals surface area contributed by atoms with Crippen molar-refractivity contribution in [2.75, 3.05) is 0 Å². The van der Waals surface area contributed by atoms with Crippen LogP contribution in [0.25, 0.3) is 6.08 Å². The molecule has 1 unspecified atom stereocenters. The number of aromatic amines is 1. The predicted molar refractivity (Wildman–Crippen MR) is 55.8 cm³/mol. The molecule has 0 radical (unpaired) electrons. The van der Waals surface area contributed by atoms with Crippen LogP contribution in [-0.4, -0.2) is 10.9 Å². The highest BCUT2D eigenvalue weighted by Crippen LogP contribution is 2.31. The van der Waals surface area contributed by atoms with Crippen LogP contribution in [0.4, 0.5) is 0 Å². The first-order valence-corrected chi connectivity index (χ1v) is 4.86. The van der Waals surface area contributed by atoms with E-state index in [2.05, 4.69) is 17.6 Å². The van der Waals surface area contributed by atoms with E-state index in [-0.39, 0.29) is 11.8 Å². The molecule has 0 saturated carbocycles. The highest BCUT2D eigenvalue weighted by Gasteiger charge is 2.26. The molecule has 0 aliphatic heterocycles. The summed E-state index contributed by atoms with van der Waals surface area (Å²) in [7, 11) is 0. The van der Waals surface area contributed by atoms with Crippen molar-refractivity contribution in [2.24, 2.45) is 5.73 Å². The van der Waals surface area contributed by atoms with Crippen molar-refractivity contribution in [2.45, 2.75) is 25.2 Å². The summed E-state index contributed by atoms with van der Waals surface area (Å²) >= 11 is 0. The maximum Gasteiger partial charge on any atom is 0.226 e. The second-order valence-electron chi connectivity index (χ2n) is 3.71. The smallest absolute Gasteiger partial charge is 0.226 e. The molecule has 1 atom stereocenters. The normalized spacial score (nSPS) is 20.1. The van der Waals surface area contributed by atoms with E-state index in [0.29, 0.717) is 0 Å². The standard InChI is InChI=1S/C11H14N2O/c1-2-8-6-7-4-3-5-9(11(12)14)10(7)13-8/h2,6,9,13H,1,3-5H2,(H2,12,14). The van der Waals surface area contributed by atoms with Gasteiger partial charge in [-0.25, -0.2) is 0 Å². The van der Waals surface area contributed by atoms with Gasteiger partial charge in [0, 0.05) is 11.4 Å². The number of carbonyl (C=O) groups is 1. The lowest BCUT2D eigenvalue weighted by molar-refractivity contribution is -0.119. The fourth-order valence-corrected chi connectivity index (χ4v) is 2.09. The summed E-state index contributed by atoms with van der Waals surface area (Å²) < 4.78 is 0. The van der Waals surface area contributed by atoms with Gasteiger partial charge < -0.3 is 10.7 Å². The predicted octanol–water partition coefficient (Wildman–Crippen LogP) is 1.56. The third-order valence-corrected chi connectivity index (χ3v) is 2.81. The number of nitrogens with one attached hydrogen (secondary N) is 1. The SMILES string of the molecule is C=Cc1cc2c([nH]1)C(C(N)=O)CCC2. The molecule has 2 rings (SSSR count). The van der Waals surface area contributed by atoms with Gasteiger partial charge in [-0.1, -0.05) is 6.58 Å². The molecule has 1 aliphatic carbocycles. The van der Waals surface area contributed by atoms with Crippen LogP contribution in [0, 0.1) is 0 Å². The van der Waals surface area contributed by atoms with Crippen molar-refractivity contribution < 1.29 is 4.79 Å². The van der Waals surface area contributed by atoms with Crippen molar-refractivity contribution in [1.29, 1.82) is 0 Å².